The number of ether oxygens (including phenoxy) is 2. The normalized spacial score (nSPS) is 12.5. The van der Waals surface area contributed by atoms with E-state index in [1.165, 1.54) is 39.5 Å². The molecule has 4 rings (SSSR count). The number of sulfonamides is 1. The highest BCUT2D eigenvalue weighted by atomic mass is 32.2. The number of aromatic nitrogens is 2. The number of rotatable bonds is 10. The highest BCUT2D eigenvalue weighted by Gasteiger charge is 2.37. The van der Waals surface area contributed by atoms with E-state index in [1.54, 1.807) is 12.1 Å². The summed E-state index contributed by atoms with van der Waals surface area (Å²) >= 11 is 0. The molecule has 1 aromatic heterocycles. The topological polar surface area (TPSA) is 93.7 Å². The molecule has 0 aliphatic carbocycles. The molecule has 0 saturated heterocycles. The van der Waals surface area contributed by atoms with Crippen molar-refractivity contribution in [1.29, 1.82) is 0 Å². The minimum Gasteiger partial charge on any atom is -0.497 e. The molecule has 8 nitrogen and oxygen atoms in total. The molecule has 0 spiro atoms. The minimum atomic E-state index is -5.01. The van der Waals surface area contributed by atoms with Gasteiger partial charge in [0, 0.05) is 35.1 Å². The Bertz CT molecular complexity index is 1670. The predicted octanol–water partition coefficient (Wildman–Crippen LogP) is 6.36. The number of nitrogens with one attached hydrogen (secondary N) is 1. The zero-order valence-corrected chi connectivity index (χ0v) is 23.3. The molecule has 222 valence electrons. The summed E-state index contributed by atoms with van der Waals surface area (Å²) in [6.07, 6.45) is -2.62. The van der Waals surface area contributed by atoms with Gasteiger partial charge in [0.25, 0.3) is 10.0 Å². The van der Waals surface area contributed by atoms with Gasteiger partial charge in [0.1, 0.15) is 35.3 Å². The Labute approximate surface area is 238 Å². The lowest BCUT2D eigenvalue weighted by molar-refractivity contribution is -0.137. The summed E-state index contributed by atoms with van der Waals surface area (Å²) in [5.41, 5.74) is -1.68. The highest BCUT2D eigenvalue weighted by Crippen LogP contribution is 2.39. The van der Waals surface area contributed by atoms with E-state index in [0.29, 0.717) is 17.4 Å². The third-order valence-electron chi connectivity index (χ3n) is 6.31. The van der Waals surface area contributed by atoms with E-state index in [9.17, 15) is 30.4 Å². The van der Waals surface area contributed by atoms with Crippen LogP contribution in [0.4, 0.5) is 33.5 Å². The quantitative estimate of drug-likeness (QED) is 0.210. The summed E-state index contributed by atoms with van der Waals surface area (Å²) < 4.78 is 110. The van der Waals surface area contributed by atoms with E-state index in [1.807, 2.05) is 0 Å². The fourth-order valence-corrected chi connectivity index (χ4v) is 5.61. The van der Waals surface area contributed by atoms with Gasteiger partial charge in [-0.3, -0.25) is 0 Å². The first-order valence-corrected chi connectivity index (χ1v) is 13.7. The Morgan fingerprint density at radius 2 is 1.74 bits per heavy atom. The fourth-order valence-electron chi connectivity index (χ4n) is 4.19. The van der Waals surface area contributed by atoms with Crippen LogP contribution in [-0.2, 0) is 22.7 Å². The second-order valence-electron chi connectivity index (χ2n) is 8.99. The molecular weight excluding hydrogens is 583 g/mol. The van der Waals surface area contributed by atoms with Crippen LogP contribution in [0.15, 0.2) is 78.1 Å². The number of hydrogen-bond donors (Lipinski definition) is 1. The van der Waals surface area contributed by atoms with Gasteiger partial charge in [-0.1, -0.05) is 0 Å². The monoisotopic (exact) mass is 608 g/mol. The Kier molecular flexibility index (Phi) is 8.85. The lowest BCUT2D eigenvalue weighted by atomic mass is 10.1. The van der Waals surface area contributed by atoms with Gasteiger partial charge in [0.05, 0.1) is 37.3 Å². The van der Waals surface area contributed by atoms with Crippen molar-refractivity contribution in [1.82, 2.24) is 9.97 Å². The van der Waals surface area contributed by atoms with Gasteiger partial charge in [0.2, 0.25) is 0 Å². The Morgan fingerprint density at radius 3 is 2.38 bits per heavy atom. The lowest BCUT2D eigenvalue weighted by Gasteiger charge is -2.26. The van der Waals surface area contributed by atoms with Crippen LogP contribution < -0.4 is 19.1 Å². The third-order valence-corrected chi connectivity index (χ3v) is 8.06. The Balaban J connectivity index is 1.78. The molecule has 14 heteroatoms. The van der Waals surface area contributed by atoms with Crippen LogP contribution in [0.25, 0.3) is 0 Å². The van der Waals surface area contributed by atoms with Crippen LogP contribution in [0.5, 0.6) is 11.5 Å². The molecule has 0 radical (unpaired) electrons. The molecule has 1 N–H and O–H groups in total. The van der Waals surface area contributed by atoms with Crippen LogP contribution in [0.2, 0.25) is 0 Å². The van der Waals surface area contributed by atoms with Crippen molar-refractivity contribution in [2.24, 2.45) is 0 Å². The van der Waals surface area contributed by atoms with Gasteiger partial charge >= 0.3 is 6.18 Å². The Hall–Kier alpha value is -4.46. The maximum atomic E-state index is 14.3. The average Bonchev–Trinajstić information content (AvgIpc) is 2.96. The van der Waals surface area contributed by atoms with Gasteiger partial charge in [0.15, 0.2) is 0 Å². The molecule has 4 aromatic rings. The highest BCUT2D eigenvalue weighted by molar-refractivity contribution is 7.92. The molecule has 0 aliphatic heterocycles. The van der Waals surface area contributed by atoms with Crippen LogP contribution in [0, 0.1) is 11.6 Å². The van der Waals surface area contributed by atoms with Crippen LogP contribution in [0.1, 0.15) is 29.7 Å². The fraction of sp³-hybridized carbons (Fsp3) is 0.214. The minimum absolute atomic E-state index is 0.103. The van der Waals surface area contributed by atoms with E-state index in [2.05, 4.69) is 15.3 Å². The van der Waals surface area contributed by atoms with Crippen LogP contribution in [-0.4, -0.2) is 32.6 Å². The van der Waals surface area contributed by atoms with Gasteiger partial charge in [-0.2, -0.15) is 13.2 Å². The van der Waals surface area contributed by atoms with E-state index in [0.717, 1.165) is 41.0 Å². The van der Waals surface area contributed by atoms with Gasteiger partial charge in [-0.05, 0) is 55.5 Å². The maximum Gasteiger partial charge on any atom is 0.418 e. The molecule has 42 heavy (non-hydrogen) atoms. The molecule has 0 bridgehead atoms. The first-order chi connectivity index (χ1) is 19.8. The molecule has 0 amide bonds. The average molecular weight is 609 g/mol. The van der Waals surface area contributed by atoms with E-state index < -0.39 is 50.0 Å². The van der Waals surface area contributed by atoms with Crippen LogP contribution in [0.3, 0.4) is 0 Å². The first kappa shape index (κ1) is 30.5. The summed E-state index contributed by atoms with van der Waals surface area (Å²) in [4.78, 5) is 7.11. The molecular formula is C28H25F5N4O4S. The molecule has 1 heterocycles. The van der Waals surface area contributed by atoms with Crippen molar-refractivity contribution in [3.8, 4) is 11.5 Å². The standard InChI is InChI=1S/C28H25F5N4O4S/c1-17(22-12-19(29)5-8-24(22)30)36-25-9-7-21(14-23(25)28(31,32)33)42(38,39)37(27-10-11-34-16-35-27)15-18-4-6-20(40-2)13-26(18)41-3/h4-14,16-17,36H,15H2,1-3H3. The second kappa shape index (κ2) is 12.2. The van der Waals surface area contributed by atoms with Crippen molar-refractivity contribution in [2.45, 2.75) is 30.6 Å². The zero-order chi connectivity index (χ0) is 30.7. The second-order valence-corrected chi connectivity index (χ2v) is 10.9. The van der Waals surface area contributed by atoms with Gasteiger partial charge in [-0.15, -0.1) is 0 Å². The molecule has 0 aliphatic rings. The smallest absolute Gasteiger partial charge is 0.418 e. The van der Waals surface area contributed by atoms with E-state index in [4.69, 9.17) is 9.47 Å². The molecule has 1 unspecified atom stereocenters. The zero-order valence-electron chi connectivity index (χ0n) is 22.5. The number of nitrogens with zero attached hydrogens (tertiary/aromatic N) is 3. The number of alkyl halides is 3. The SMILES string of the molecule is COc1ccc(CN(c2ccncn2)S(=O)(=O)c2ccc(NC(C)c3cc(F)ccc3F)c(C(F)(F)F)c2)c(OC)c1. The van der Waals surface area contributed by atoms with Gasteiger partial charge < -0.3 is 14.8 Å². The number of hydrogen-bond acceptors (Lipinski definition) is 7. The van der Waals surface area contributed by atoms with Crippen molar-refractivity contribution in [3.63, 3.8) is 0 Å². The summed E-state index contributed by atoms with van der Waals surface area (Å²) in [6.45, 7) is 0.992. The van der Waals surface area contributed by atoms with Crippen molar-refractivity contribution < 1.29 is 39.8 Å². The van der Waals surface area contributed by atoms with Crippen molar-refractivity contribution in [2.75, 3.05) is 23.8 Å². The first-order valence-electron chi connectivity index (χ1n) is 12.3. The van der Waals surface area contributed by atoms with Gasteiger partial charge in [-0.25, -0.2) is 31.5 Å². The molecule has 3 aromatic carbocycles. The summed E-state index contributed by atoms with van der Waals surface area (Å²) in [6, 6.07) is 9.88. The van der Waals surface area contributed by atoms with E-state index in [-0.39, 0.29) is 23.7 Å². The summed E-state index contributed by atoms with van der Waals surface area (Å²) in [5, 5.41) is 2.52. The number of methoxy groups -OCH3 is 2. The third kappa shape index (κ3) is 6.54. The largest absolute Gasteiger partial charge is 0.497 e. The lowest BCUT2D eigenvalue weighted by Crippen LogP contribution is -2.32. The molecule has 0 saturated carbocycles. The summed E-state index contributed by atoms with van der Waals surface area (Å²) in [5.74, 6) is -0.974. The Morgan fingerprint density at radius 1 is 0.976 bits per heavy atom. The number of halogens is 5. The van der Waals surface area contributed by atoms with E-state index >= 15 is 0 Å². The predicted molar refractivity (Wildman–Crippen MR) is 145 cm³/mol. The van der Waals surface area contributed by atoms with Crippen molar-refractivity contribution >= 4 is 21.5 Å². The molecule has 0 fully saturated rings. The summed E-state index contributed by atoms with van der Waals surface area (Å²) in [7, 11) is -1.85. The van der Waals surface area contributed by atoms with Crippen molar-refractivity contribution in [3.05, 3.63) is 102 Å². The number of anilines is 2. The maximum absolute atomic E-state index is 14.3. The van der Waals surface area contributed by atoms with Crippen LogP contribution >= 0.6 is 0 Å². The molecule has 1 atom stereocenters. The number of benzene rings is 3.